The number of nitrogens with zero attached hydrogens (tertiary/aromatic N) is 2. The van der Waals surface area contributed by atoms with Crippen molar-refractivity contribution < 1.29 is 0 Å². The van der Waals surface area contributed by atoms with Gasteiger partial charge in [0.1, 0.15) is 4.83 Å². The highest BCUT2D eigenvalue weighted by Crippen LogP contribution is 2.24. The lowest BCUT2D eigenvalue weighted by atomic mass is 10.1. The van der Waals surface area contributed by atoms with Crippen LogP contribution in [0.15, 0.2) is 10.9 Å². The molecular weight excluding hydrogens is 280 g/mol. The number of hydrogen-bond acceptors (Lipinski definition) is 2. The SMILES string of the molecule is CCCCCCCCn1c(=O)c2cc(CCC)sc2n1C. The normalized spacial score (nSPS) is 11.6. The molecule has 0 aliphatic carbocycles. The fraction of sp³-hybridized carbons (Fsp3) is 0.706. The van der Waals surface area contributed by atoms with Crippen LogP contribution < -0.4 is 5.56 Å². The van der Waals surface area contributed by atoms with Gasteiger partial charge in [0.25, 0.3) is 5.56 Å². The van der Waals surface area contributed by atoms with Crippen molar-refractivity contribution in [3.8, 4) is 0 Å². The third-order valence-electron chi connectivity index (χ3n) is 4.10. The first kappa shape index (κ1) is 16.3. The predicted molar refractivity (Wildman–Crippen MR) is 92.4 cm³/mol. The van der Waals surface area contributed by atoms with Crippen LogP contribution in [0, 0.1) is 0 Å². The fourth-order valence-corrected chi connectivity index (χ4v) is 4.09. The average Bonchev–Trinajstić information content (AvgIpc) is 2.97. The summed E-state index contributed by atoms with van der Waals surface area (Å²) >= 11 is 1.78. The summed E-state index contributed by atoms with van der Waals surface area (Å²) in [6.07, 6.45) is 9.79. The second kappa shape index (κ2) is 7.83. The number of rotatable bonds is 9. The first-order chi connectivity index (χ1) is 10.2. The van der Waals surface area contributed by atoms with Crippen molar-refractivity contribution in [3.05, 3.63) is 21.3 Å². The zero-order valence-corrected chi connectivity index (χ0v) is 14.5. The summed E-state index contributed by atoms with van der Waals surface area (Å²) in [5, 5.41) is 0.914. The van der Waals surface area contributed by atoms with E-state index in [0.29, 0.717) is 0 Å². The van der Waals surface area contributed by atoms with Crippen LogP contribution in [0.5, 0.6) is 0 Å². The third-order valence-corrected chi connectivity index (χ3v) is 5.37. The summed E-state index contributed by atoms with van der Waals surface area (Å²) in [4.78, 5) is 15.0. The maximum atomic E-state index is 12.5. The highest BCUT2D eigenvalue weighted by Gasteiger charge is 2.13. The Bertz CT molecular complexity index is 621. The Labute approximate surface area is 131 Å². The van der Waals surface area contributed by atoms with E-state index in [1.165, 1.54) is 37.0 Å². The van der Waals surface area contributed by atoms with E-state index < -0.39 is 0 Å². The van der Waals surface area contributed by atoms with E-state index in [1.54, 1.807) is 11.3 Å². The molecule has 2 aromatic rings. The zero-order chi connectivity index (χ0) is 15.2. The van der Waals surface area contributed by atoms with E-state index in [-0.39, 0.29) is 5.56 Å². The number of hydrogen-bond donors (Lipinski definition) is 0. The molecule has 0 aliphatic heterocycles. The van der Waals surface area contributed by atoms with Gasteiger partial charge >= 0.3 is 0 Å². The Balaban J connectivity index is 2.00. The molecule has 0 bridgehead atoms. The molecule has 0 unspecified atom stereocenters. The number of fused-ring (bicyclic) bond motifs is 1. The Morgan fingerprint density at radius 1 is 1.05 bits per heavy atom. The maximum Gasteiger partial charge on any atom is 0.275 e. The second-order valence-electron chi connectivity index (χ2n) is 5.90. The third kappa shape index (κ3) is 3.79. The summed E-state index contributed by atoms with van der Waals surface area (Å²) in [6.45, 7) is 5.27. The van der Waals surface area contributed by atoms with Gasteiger partial charge in [0, 0.05) is 18.5 Å². The van der Waals surface area contributed by atoms with Gasteiger partial charge in [0.2, 0.25) is 0 Å². The van der Waals surface area contributed by atoms with Crippen LogP contribution >= 0.6 is 11.3 Å². The molecule has 0 N–H and O–H groups in total. The minimum atomic E-state index is 0.194. The molecule has 21 heavy (non-hydrogen) atoms. The van der Waals surface area contributed by atoms with E-state index in [4.69, 9.17) is 0 Å². The van der Waals surface area contributed by atoms with E-state index in [0.717, 1.165) is 36.0 Å². The lowest BCUT2D eigenvalue weighted by Crippen LogP contribution is -2.21. The molecule has 2 rings (SSSR count). The Hall–Kier alpha value is -1.03. The van der Waals surface area contributed by atoms with Gasteiger partial charge in [-0.1, -0.05) is 52.4 Å². The fourth-order valence-electron chi connectivity index (χ4n) is 2.87. The van der Waals surface area contributed by atoms with Gasteiger partial charge in [0.15, 0.2) is 0 Å². The topological polar surface area (TPSA) is 26.9 Å². The molecule has 0 radical (unpaired) electrons. The molecule has 0 spiro atoms. The van der Waals surface area contributed by atoms with Crippen LogP contribution in [-0.4, -0.2) is 9.36 Å². The molecule has 2 heterocycles. The Morgan fingerprint density at radius 2 is 1.76 bits per heavy atom. The van der Waals surface area contributed by atoms with Crippen molar-refractivity contribution in [2.75, 3.05) is 0 Å². The summed E-state index contributed by atoms with van der Waals surface area (Å²) in [7, 11) is 2.02. The second-order valence-corrected chi connectivity index (χ2v) is 7.02. The quantitative estimate of drug-likeness (QED) is 0.616. The highest BCUT2D eigenvalue weighted by molar-refractivity contribution is 7.18. The number of aryl methyl sites for hydroxylation is 2. The molecule has 0 atom stereocenters. The molecule has 2 aromatic heterocycles. The highest BCUT2D eigenvalue weighted by atomic mass is 32.1. The molecule has 0 aliphatic rings. The van der Waals surface area contributed by atoms with Crippen LogP contribution in [0.2, 0.25) is 0 Å². The molecule has 0 fully saturated rings. The average molecular weight is 308 g/mol. The molecule has 0 saturated heterocycles. The number of unbranched alkanes of at least 4 members (excludes halogenated alkanes) is 5. The van der Waals surface area contributed by atoms with Crippen molar-refractivity contribution in [2.24, 2.45) is 7.05 Å². The summed E-state index contributed by atoms with van der Waals surface area (Å²) < 4.78 is 3.98. The predicted octanol–water partition coefficient (Wildman–Crippen LogP) is 4.71. The molecule has 0 amide bonds. The van der Waals surface area contributed by atoms with Crippen molar-refractivity contribution in [2.45, 2.75) is 71.8 Å². The van der Waals surface area contributed by atoms with Crippen molar-refractivity contribution in [1.82, 2.24) is 9.36 Å². The first-order valence-corrected chi connectivity index (χ1v) is 9.18. The van der Waals surface area contributed by atoms with Gasteiger partial charge in [-0.15, -0.1) is 11.3 Å². The van der Waals surface area contributed by atoms with E-state index in [2.05, 4.69) is 24.6 Å². The lowest BCUT2D eigenvalue weighted by Gasteiger charge is -2.07. The summed E-state index contributed by atoms with van der Waals surface area (Å²) in [5.74, 6) is 0. The van der Waals surface area contributed by atoms with Crippen LogP contribution in [-0.2, 0) is 20.0 Å². The van der Waals surface area contributed by atoms with Gasteiger partial charge < -0.3 is 0 Å². The largest absolute Gasteiger partial charge is 0.275 e. The number of thiophene rings is 1. The zero-order valence-electron chi connectivity index (χ0n) is 13.7. The van der Waals surface area contributed by atoms with Crippen molar-refractivity contribution >= 4 is 21.6 Å². The van der Waals surface area contributed by atoms with Gasteiger partial charge in [-0.05, 0) is 18.9 Å². The van der Waals surface area contributed by atoms with E-state index >= 15 is 0 Å². The molecule has 4 heteroatoms. The van der Waals surface area contributed by atoms with Crippen molar-refractivity contribution in [1.29, 1.82) is 0 Å². The monoisotopic (exact) mass is 308 g/mol. The van der Waals surface area contributed by atoms with Crippen LogP contribution in [0.1, 0.15) is 63.7 Å². The van der Waals surface area contributed by atoms with Gasteiger partial charge in [-0.25, -0.2) is 4.68 Å². The summed E-state index contributed by atoms with van der Waals surface area (Å²) in [5.41, 5.74) is 0.194. The molecule has 0 aromatic carbocycles. The van der Waals surface area contributed by atoms with Gasteiger partial charge in [-0.2, -0.15) is 0 Å². The molecule has 118 valence electrons. The van der Waals surface area contributed by atoms with Crippen LogP contribution in [0.4, 0.5) is 0 Å². The molecule has 3 nitrogen and oxygen atoms in total. The van der Waals surface area contributed by atoms with Crippen LogP contribution in [0.3, 0.4) is 0 Å². The minimum absolute atomic E-state index is 0.194. The standard InChI is InChI=1S/C17H28N2OS/c1-4-6-7-8-9-10-12-19-16(20)15-13-14(11-5-2)21-17(15)18(19)3/h13H,4-12H2,1-3H3. The summed E-state index contributed by atoms with van der Waals surface area (Å²) in [6, 6.07) is 2.10. The maximum absolute atomic E-state index is 12.5. The van der Waals surface area contributed by atoms with E-state index in [1.807, 2.05) is 11.7 Å². The first-order valence-electron chi connectivity index (χ1n) is 8.37. The van der Waals surface area contributed by atoms with Gasteiger partial charge in [-0.3, -0.25) is 9.48 Å². The van der Waals surface area contributed by atoms with Gasteiger partial charge in [0.05, 0.1) is 5.39 Å². The van der Waals surface area contributed by atoms with Crippen LogP contribution in [0.25, 0.3) is 10.2 Å². The number of aromatic nitrogens is 2. The van der Waals surface area contributed by atoms with E-state index in [9.17, 15) is 4.79 Å². The van der Waals surface area contributed by atoms with Crippen molar-refractivity contribution in [3.63, 3.8) is 0 Å². The Kier molecular flexibility index (Phi) is 6.09. The lowest BCUT2D eigenvalue weighted by molar-refractivity contribution is 0.467. The smallest absolute Gasteiger partial charge is 0.275 e. The molecule has 0 saturated carbocycles. The Morgan fingerprint density at radius 3 is 2.43 bits per heavy atom. The minimum Gasteiger partial charge on any atom is -0.275 e. The molecular formula is C17H28N2OS.